The zero-order valence-electron chi connectivity index (χ0n) is 9.16. The molecule has 0 spiro atoms. The van der Waals surface area contributed by atoms with Crippen molar-refractivity contribution in [3.05, 3.63) is 0 Å². The van der Waals surface area contributed by atoms with Gasteiger partial charge in [0.25, 0.3) is 0 Å². The van der Waals surface area contributed by atoms with E-state index >= 15 is 0 Å². The van der Waals surface area contributed by atoms with Crippen LogP contribution in [0.3, 0.4) is 0 Å². The van der Waals surface area contributed by atoms with Crippen molar-refractivity contribution in [1.29, 1.82) is 0 Å². The summed E-state index contributed by atoms with van der Waals surface area (Å²) < 4.78 is 4.78. The number of aliphatic hydroxyl groups is 1. The van der Waals surface area contributed by atoms with Crippen molar-refractivity contribution < 1.29 is 9.84 Å². The third-order valence-corrected chi connectivity index (χ3v) is 1.54. The molecule has 0 amide bonds. The van der Waals surface area contributed by atoms with Gasteiger partial charge >= 0.3 is 0 Å². The summed E-state index contributed by atoms with van der Waals surface area (Å²) in [5.41, 5.74) is 5.56. The number of hydrogen-bond acceptors (Lipinski definition) is 3. The number of nitrogens with one attached hydrogen (secondary N) is 1. The Morgan fingerprint density at radius 2 is 2.21 bits per heavy atom. The standard InChI is InChI=1S/C9H21N3O2/c1-7(2)12-9(10)11-5-4-8(13)6-14-3/h7-8,13H,4-6H2,1-3H3,(H3,10,11,12). The van der Waals surface area contributed by atoms with E-state index in [1.54, 1.807) is 7.11 Å². The van der Waals surface area contributed by atoms with Gasteiger partial charge < -0.3 is 20.9 Å². The van der Waals surface area contributed by atoms with E-state index in [0.29, 0.717) is 25.5 Å². The number of aliphatic hydroxyl groups excluding tert-OH is 1. The molecule has 5 nitrogen and oxygen atoms in total. The second kappa shape index (κ2) is 7.58. The van der Waals surface area contributed by atoms with E-state index in [-0.39, 0.29) is 6.04 Å². The van der Waals surface area contributed by atoms with Crippen LogP contribution in [0.2, 0.25) is 0 Å². The Hall–Kier alpha value is -0.810. The van der Waals surface area contributed by atoms with Gasteiger partial charge in [0.1, 0.15) is 0 Å². The Bertz CT molecular complexity index is 171. The maximum Gasteiger partial charge on any atom is 0.188 e. The van der Waals surface area contributed by atoms with Crippen LogP contribution in [0.1, 0.15) is 20.3 Å². The molecule has 0 aliphatic heterocycles. The fourth-order valence-electron chi connectivity index (χ4n) is 0.951. The zero-order valence-corrected chi connectivity index (χ0v) is 9.16. The monoisotopic (exact) mass is 203 g/mol. The molecular formula is C9H21N3O2. The first kappa shape index (κ1) is 13.2. The summed E-state index contributed by atoms with van der Waals surface area (Å²) in [6.45, 7) is 4.83. The lowest BCUT2D eigenvalue weighted by molar-refractivity contribution is 0.0609. The van der Waals surface area contributed by atoms with Gasteiger partial charge in [0.2, 0.25) is 0 Å². The molecule has 0 saturated carbocycles. The van der Waals surface area contributed by atoms with Gasteiger partial charge in [0.15, 0.2) is 5.96 Å². The van der Waals surface area contributed by atoms with Crippen LogP contribution in [0.15, 0.2) is 4.99 Å². The number of aliphatic imine (C=N–C) groups is 1. The minimum absolute atomic E-state index is 0.280. The quantitative estimate of drug-likeness (QED) is 0.409. The van der Waals surface area contributed by atoms with Crippen molar-refractivity contribution >= 4 is 5.96 Å². The summed E-state index contributed by atoms with van der Waals surface area (Å²) in [5, 5.41) is 12.3. The van der Waals surface area contributed by atoms with E-state index in [9.17, 15) is 5.11 Å². The van der Waals surface area contributed by atoms with Gasteiger partial charge in [0, 0.05) is 19.7 Å². The number of guanidine groups is 1. The van der Waals surface area contributed by atoms with Crippen LogP contribution in [0, 0.1) is 0 Å². The van der Waals surface area contributed by atoms with Crippen molar-refractivity contribution in [2.75, 3.05) is 20.3 Å². The summed E-state index contributed by atoms with van der Waals surface area (Å²) in [7, 11) is 1.56. The van der Waals surface area contributed by atoms with Crippen LogP contribution in [0.25, 0.3) is 0 Å². The molecule has 0 rings (SSSR count). The van der Waals surface area contributed by atoms with Crippen LogP contribution in [-0.2, 0) is 4.74 Å². The Balaban J connectivity index is 3.59. The van der Waals surface area contributed by atoms with Crippen LogP contribution in [0.5, 0.6) is 0 Å². The third-order valence-electron chi connectivity index (χ3n) is 1.54. The molecule has 5 heteroatoms. The Morgan fingerprint density at radius 3 is 2.71 bits per heavy atom. The van der Waals surface area contributed by atoms with Crippen LogP contribution >= 0.6 is 0 Å². The zero-order chi connectivity index (χ0) is 11.0. The average Bonchev–Trinajstić information content (AvgIpc) is 2.02. The van der Waals surface area contributed by atoms with Gasteiger partial charge in [-0.05, 0) is 20.3 Å². The van der Waals surface area contributed by atoms with Gasteiger partial charge in [-0.25, -0.2) is 0 Å². The van der Waals surface area contributed by atoms with Crippen molar-refractivity contribution in [3.8, 4) is 0 Å². The molecule has 0 fully saturated rings. The Morgan fingerprint density at radius 1 is 1.57 bits per heavy atom. The predicted octanol–water partition coefficient (Wildman–Crippen LogP) is -0.303. The first-order valence-electron chi connectivity index (χ1n) is 4.79. The third kappa shape index (κ3) is 7.82. The topological polar surface area (TPSA) is 79.9 Å². The van der Waals surface area contributed by atoms with Gasteiger partial charge in [-0.3, -0.25) is 4.99 Å². The highest BCUT2D eigenvalue weighted by Crippen LogP contribution is 1.92. The average molecular weight is 203 g/mol. The van der Waals surface area contributed by atoms with Crippen molar-refractivity contribution in [2.24, 2.45) is 10.7 Å². The largest absolute Gasteiger partial charge is 0.391 e. The molecule has 0 aliphatic carbocycles. The number of nitrogens with zero attached hydrogens (tertiary/aromatic N) is 1. The Kier molecular flexibility index (Phi) is 7.14. The highest BCUT2D eigenvalue weighted by Gasteiger charge is 2.02. The smallest absolute Gasteiger partial charge is 0.188 e. The van der Waals surface area contributed by atoms with Gasteiger partial charge in [-0.15, -0.1) is 0 Å². The molecule has 0 aromatic heterocycles. The van der Waals surface area contributed by atoms with E-state index in [2.05, 4.69) is 10.3 Å². The lowest BCUT2D eigenvalue weighted by Crippen LogP contribution is -2.37. The maximum absolute atomic E-state index is 9.29. The molecule has 1 atom stereocenters. The normalized spacial score (nSPS) is 14.5. The lowest BCUT2D eigenvalue weighted by Gasteiger charge is -2.10. The number of hydrogen-bond donors (Lipinski definition) is 3. The minimum atomic E-state index is -0.462. The molecule has 0 aromatic carbocycles. The fraction of sp³-hybridized carbons (Fsp3) is 0.889. The number of methoxy groups -OCH3 is 1. The lowest BCUT2D eigenvalue weighted by atomic mass is 10.3. The van der Waals surface area contributed by atoms with E-state index in [4.69, 9.17) is 10.5 Å². The summed E-state index contributed by atoms with van der Waals surface area (Å²) in [5.74, 6) is 0.421. The maximum atomic E-state index is 9.29. The molecule has 0 saturated heterocycles. The Labute approximate surface area is 85.4 Å². The van der Waals surface area contributed by atoms with Crippen molar-refractivity contribution in [2.45, 2.75) is 32.4 Å². The van der Waals surface area contributed by atoms with E-state index in [1.165, 1.54) is 0 Å². The fourth-order valence-corrected chi connectivity index (χ4v) is 0.951. The van der Waals surface area contributed by atoms with E-state index in [1.807, 2.05) is 13.8 Å². The SMILES string of the molecule is COCC(O)CCN=C(N)NC(C)C. The second-order valence-corrected chi connectivity index (χ2v) is 3.46. The summed E-state index contributed by atoms with van der Waals surface area (Å²) >= 11 is 0. The van der Waals surface area contributed by atoms with Gasteiger partial charge in [-0.2, -0.15) is 0 Å². The first-order chi connectivity index (χ1) is 6.56. The van der Waals surface area contributed by atoms with Crippen LogP contribution in [-0.4, -0.2) is 43.5 Å². The first-order valence-corrected chi connectivity index (χ1v) is 4.79. The van der Waals surface area contributed by atoms with Crippen LogP contribution in [0.4, 0.5) is 0 Å². The second-order valence-electron chi connectivity index (χ2n) is 3.46. The molecule has 0 radical (unpaired) electrons. The molecule has 4 N–H and O–H groups in total. The molecule has 84 valence electrons. The highest BCUT2D eigenvalue weighted by atomic mass is 16.5. The van der Waals surface area contributed by atoms with E-state index < -0.39 is 6.10 Å². The van der Waals surface area contributed by atoms with Gasteiger partial charge in [-0.1, -0.05) is 0 Å². The highest BCUT2D eigenvalue weighted by molar-refractivity contribution is 5.77. The van der Waals surface area contributed by atoms with Gasteiger partial charge in [0.05, 0.1) is 12.7 Å². The summed E-state index contributed by atoms with van der Waals surface area (Å²) in [4.78, 5) is 4.05. The number of ether oxygens (including phenoxy) is 1. The molecule has 1 unspecified atom stereocenters. The predicted molar refractivity (Wildman–Crippen MR) is 57.3 cm³/mol. The van der Waals surface area contributed by atoms with Crippen LogP contribution < -0.4 is 11.1 Å². The van der Waals surface area contributed by atoms with Crippen molar-refractivity contribution in [1.82, 2.24) is 5.32 Å². The van der Waals surface area contributed by atoms with E-state index in [0.717, 1.165) is 0 Å². The number of nitrogens with two attached hydrogens (primary N) is 1. The molecule has 0 heterocycles. The molecule has 14 heavy (non-hydrogen) atoms. The van der Waals surface area contributed by atoms with Crippen molar-refractivity contribution in [3.63, 3.8) is 0 Å². The summed E-state index contributed by atoms with van der Waals surface area (Å²) in [6, 6.07) is 0.280. The molecular weight excluding hydrogens is 182 g/mol. The molecule has 0 aliphatic rings. The minimum Gasteiger partial charge on any atom is -0.391 e. The molecule has 0 aromatic rings. The molecule has 0 bridgehead atoms. The summed E-state index contributed by atoms with van der Waals surface area (Å²) in [6.07, 6.45) is 0.101. The number of rotatable bonds is 6.